The van der Waals surface area contributed by atoms with E-state index in [0.717, 1.165) is 49.8 Å². The summed E-state index contributed by atoms with van der Waals surface area (Å²) in [7, 11) is 1.61. The van der Waals surface area contributed by atoms with Crippen molar-refractivity contribution < 1.29 is 9.53 Å². The van der Waals surface area contributed by atoms with E-state index >= 15 is 0 Å². The number of para-hydroxylation sites is 2. The molecule has 3 rings (SSSR count). The summed E-state index contributed by atoms with van der Waals surface area (Å²) in [6.45, 7) is 7.34. The van der Waals surface area contributed by atoms with E-state index in [9.17, 15) is 4.79 Å². The smallest absolute Gasteiger partial charge is 0.255 e. The second-order valence-corrected chi connectivity index (χ2v) is 6.12. The molecule has 1 aliphatic rings. The number of likely N-dealkylation sites (N-methyl/N-ethyl adjacent to an activating group) is 1. The van der Waals surface area contributed by atoms with Gasteiger partial charge in [-0.1, -0.05) is 19.1 Å². The van der Waals surface area contributed by atoms with Gasteiger partial charge in [0.15, 0.2) is 0 Å². The van der Waals surface area contributed by atoms with Crippen LogP contribution in [0, 0.1) is 0 Å². The molecule has 0 atom stereocenters. The number of benzene rings is 2. The van der Waals surface area contributed by atoms with Crippen LogP contribution >= 0.6 is 0 Å². The zero-order valence-corrected chi connectivity index (χ0v) is 14.9. The third-order valence-corrected chi connectivity index (χ3v) is 4.66. The Morgan fingerprint density at radius 1 is 1.04 bits per heavy atom. The first kappa shape index (κ1) is 17.3. The molecule has 1 heterocycles. The summed E-state index contributed by atoms with van der Waals surface area (Å²) in [4.78, 5) is 17.4. The topological polar surface area (TPSA) is 44.8 Å². The van der Waals surface area contributed by atoms with E-state index in [1.807, 2.05) is 18.2 Å². The maximum absolute atomic E-state index is 12.6. The second-order valence-electron chi connectivity index (χ2n) is 6.12. The number of carbonyl (C=O) groups is 1. The minimum absolute atomic E-state index is 0.109. The standard InChI is InChI=1S/C20H25N3O2/c1-3-22-12-14-23(15-13-22)19-7-5-4-6-18(19)21-20(24)16-8-10-17(25-2)11-9-16/h4-11H,3,12-15H2,1-2H3,(H,21,24). The molecule has 1 saturated heterocycles. The zero-order chi connectivity index (χ0) is 17.6. The lowest BCUT2D eigenvalue weighted by Crippen LogP contribution is -2.46. The monoisotopic (exact) mass is 339 g/mol. The first-order valence-electron chi connectivity index (χ1n) is 8.73. The molecule has 1 N–H and O–H groups in total. The second kappa shape index (κ2) is 8.03. The molecule has 2 aromatic carbocycles. The quantitative estimate of drug-likeness (QED) is 0.909. The van der Waals surface area contributed by atoms with Crippen LogP contribution in [-0.4, -0.2) is 50.6 Å². The predicted octanol–water partition coefficient (Wildman–Crippen LogP) is 3.09. The fourth-order valence-electron chi connectivity index (χ4n) is 3.10. The van der Waals surface area contributed by atoms with Crippen LogP contribution in [0.15, 0.2) is 48.5 Å². The van der Waals surface area contributed by atoms with Gasteiger partial charge in [-0.2, -0.15) is 0 Å². The van der Waals surface area contributed by atoms with E-state index in [-0.39, 0.29) is 5.91 Å². The first-order chi connectivity index (χ1) is 12.2. The number of nitrogens with one attached hydrogen (secondary N) is 1. The molecule has 0 spiro atoms. The van der Waals surface area contributed by atoms with Gasteiger partial charge in [-0.05, 0) is 42.9 Å². The Hall–Kier alpha value is -2.53. The molecule has 0 aliphatic carbocycles. The zero-order valence-electron chi connectivity index (χ0n) is 14.9. The van der Waals surface area contributed by atoms with Crippen molar-refractivity contribution in [2.75, 3.05) is 50.1 Å². The summed E-state index contributed by atoms with van der Waals surface area (Å²) in [6, 6.07) is 15.2. The van der Waals surface area contributed by atoms with Gasteiger partial charge in [-0.25, -0.2) is 0 Å². The Morgan fingerprint density at radius 2 is 1.72 bits per heavy atom. The van der Waals surface area contributed by atoms with Crippen molar-refractivity contribution in [1.82, 2.24) is 4.90 Å². The van der Waals surface area contributed by atoms with Gasteiger partial charge in [0.2, 0.25) is 0 Å². The molecule has 2 aromatic rings. The fraction of sp³-hybridized carbons (Fsp3) is 0.350. The lowest BCUT2D eigenvalue weighted by Gasteiger charge is -2.36. The van der Waals surface area contributed by atoms with Crippen LogP contribution in [0.2, 0.25) is 0 Å². The SMILES string of the molecule is CCN1CCN(c2ccccc2NC(=O)c2ccc(OC)cc2)CC1. The molecular formula is C20H25N3O2. The number of ether oxygens (including phenoxy) is 1. The Morgan fingerprint density at radius 3 is 2.36 bits per heavy atom. The van der Waals surface area contributed by atoms with Crippen LogP contribution in [-0.2, 0) is 0 Å². The molecule has 1 fully saturated rings. The van der Waals surface area contributed by atoms with Crippen LogP contribution in [0.5, 0.6) is 5.75 Å². The van der Waals surface area contributed by atoms with Crippen molar-refractivity contribution in [3.05, 3.63) is 54.1 Å². The Labute approximate surface area is 149 Å². The van der Waals surface area contributed by atoms with Crippen molar-refractivity contribution in [3.63, 3.8) is 0 Å². The summed E-state index contributed by atoms with van der Waals surface area (Å²) in [5.74, 6) is 0.632. The molecule has 1 aliphatic heterocycles. The average molecular weight is 339 g/mol. The Bertz CT molecular complexity index is 707. The molecule has 5 nitrogen and oxygen atoms in total. The summed E-state index contributed by atoms with van der Waals surface area (Å²) < 4.78 is 5.14. The molecule has 5 heteroatoms. The van der Waals surface area contributed by atoms with Gasteiger partial charge in [-0.3, -0.25) is 4.79 Å². The van der Waals surface area contributed by atoms with Crippen molar-refractivity contribution in [3.8, 4) is 5.75 Å². The maximum Gasteiger partial charge on any atom is 0.255 e. The minimum Gasteiger partial charge on any atom is -0.497 e. The van der Waals surface area contributed by atoms with E-state index in [4.69, 9.17) is 4.74 Å². The maximum atomic E-state index is 12.6. The molecule has 132 valence electrons. The summed E-state index contributed by atoms with van der Waals surface area (Å²) in [5.41, 5.74) is 2.56. The molecule has 0 unspecified atom stereocenters. The fourth-order valence-corrected chi connectivity index (χ4v) is 3.10. The highest BCUT2D eigenvalue weighted by Crippen LogP contribution is 2.27. The number of rotatable bonds is 5. The van der Waals surface area contributed by atoms with E-state index < -0.39 is 0 Å². The molecule has 25 heavy (non-hydrogen) atoms. The van der Waals surface area contributed by atoms with Gasteiger partial charge < -0.3 is 19.9 Å². The molecule has 0 radical (unpaired) electrons. The molecule has 0 bridgehead atoms. The van der Waals surface area contributed by atoms with E-state index in [1.54, 1.807) is 31.4 Å². The van der Waals surface area contributed by atoms with Crippen LogP contribution < -0.4 is 15.0 Å². The van der Waals surface area contributed by atoms with Crippen molar-refractivity contribution in [2.45, 2.75) is 6.92 Å². The van der Waals surface area contributed by atoms with Gasteiger partial charge in [0, 0.05) is 31.7 Å². The number of hydrogen-bond donors (Lipinski definition) is 1. The number of piperazine rings is 1. The third-order valence-electron chi connectivity index (χ3n) is 4.66. The Balaban J connectivity index is 1.73. The first-order valence-corrected chi connectivity index (χ1v) is 8.73. The van der Waals surface area contributed by atoms with Crippen LogP contribution in [0.1, 0.15) is 17.3 Å². The van der Waals surface area contributed by atoms with Gasteiger partial charge in [-0.15, -0.1) is 0 Å². The highest BCUT2D eigenvalue weighted by molar-refractivity contribution is 6.06. The Kier molecular flexibility index (Phi) is 5.56. The number of hydrogen-bond acceptors (Lipinski definition) is 4. The highest BCUT2D eigenvalue weighted by Gasteiger charge is 2.19. The number of anilines is 2. The lowest BCUT2D eigenvalue weighted by molar-refractivity contribution is 0.102. The number of amides is 1. The van der Waals surface area contributed by atoms with E-state index in [0.29, 0.717) is 5.56 Å². The number of methoxy groups -OCH3 is 1. The summed E-state index contributed by atoms with van der Waals surface area (Å²) in [5, 5.41) is 3.05. The van der Waals surface area contributed by atoms with E-state index in [2.05, 4.69) is 28.1 Å². The molecule has 1 amide bonds. The summed E-state index contributed by atoms with van der Waals surface area (Å²) in [6.07, 6.45) is 0. The largest absolute Gasteiger partial charge is 0.497 e. The minimum atomic E-state index is -0.109. The van der Waals surface area contributed by atoms with Crippen LogP contribution in [0.25, 0.3) is 0 Å². The molecule has 0 aromatic heterocycles. The van der Waals surface area contributed by atoms with Crippen LogP contribution in [0.3, 0.4) is 0 Å². The predicted molar refractivity (Wildman–Crippen MR) is 102 cm³/mol. The summed E-state index contributed by atoms with van der Waals surface area (Å²) >= 11 is 0. The highest BCUT2D eigenvalue weighted by atomic mass is 16.5. The third kappa shape index (κ3) is 4.12. The van der Waals surface area contributed by atoms with Crippen molar-refractivity contribution in [1.29, 1.82) is 0 Å². The van der Waals surface area contributed by atoms with Crippen LogP contribution in [0.4, 0.5) is 11.4 Å². The van der Waals surface area contributed by atoms with Gasteiger partial charge in [0.05, 0.1) is 18.5 Å². The molecule has 0 saturated carbocycles. The molecular weight excluding hydrogens is 314 g/mol. The van der Waals surface area contributed by atoms with Gasteiger partial charge in [0.1, 0.15) is 5.75 Å². The van der Waals surface area contributed by atoms with Crippen molar-refractivity contribution >= 4 is 17.3 Å². The van der Waals surface area contributed by atoms with Gasteiger partial charge >= 0.3 is 0 Å². The van der Waals surface area contributed by atoms with E-state index in [1.165, 1.54) is 0 Å². The normalized spacial score (nSPS) is 15.0. The number of nitrogens with zero attached hydrogens (tertiary/aromatic N) is 2. The van der Waals surface area contributed by atoms with Crippen molar-refractivity contribution in [2.24, 2.45) is 0 Å². The lowest BCUT2D eigenvalue weighted by atomic mass is 10.1. The van der Waals surface area contributed by atoms with Gasteiger partial charge in [0.25, 0.3) is 5.91 Å². The number of carbonyl (C=O) groups excluding carboxylic acids is 1. The average Bonchev–Trinajstić information content (AvgIpc) is 2.68.